The van der Waals surface area contributed by atoms with Gasteiger partial charge in [0.25, 0.3) is 5.91 Å². The maximum atomic E-state index is 12.0. The van der Waals surface area contributed by atoms with Crippen LogP contribution in [0.15, 0.2) is 36.7 Å². The second kappa shape index (κ2) is 10.2. The first-order valence-corrected chi connectivity index (χ1v) is 8.34. The van der Waals surface area contributed by atoms with E-state index in [9.17, 15) is 4.79 Å². The van der Waals surface area contributed by atoms with E-state index in [-0.39, 0.29) is 11.6 Å². The number of likely N-dealkylation sites (N-methyl/N-ethyl adjacent to an activating group) is 1. The number of rotatable bonds is 10. The van der Waals surface area contributed by atoms with Crippen molar-refractivity contribution >= 4 is 11.7 Å². The number of anilines is 1. The molecule has 1 heterocycles. The van der Waals surface area contributed by atoms with E-state index < -0.39 is 0 Å². The highest BCUT2D eigenvalue weighted by atomic mass is 16.5. The lowest BCUT2D eigenvalue weighted by atomic mass is 10.3. The average molecular weight is 359 g/mol. The highest BCUT2D eigenvalue weighted by molar-refractivity contribution is 5.91. The zero-order valence-corrected chi connectivity index (χ0v) is 15.4. The molecular formula is C18H25N5O3. The van der Waals surface area contributed by atoms with Crippen molar-refractivity contribution in [3.05, 3.63) is 42.4 Å². The fourth-order valence-corrected chi connectivity index (χ4v) is 2.04. The minimum atomic E-state index is -0.282. The number of amides is 1. The van der Waals surface area contributed by atoms with Gasteiger partial charge >= 0.3 is 0 Å². The van der Waals surface area contributed by atoms with Gasteiger partial charge in [-0.1, -0.05) is 0 Å². The van der Waals surface area contributed by atoms with Gasteiger partial charge in [-0.25, -0.2) is 9.97 Å². The SMILES string of the molecule is COc1ccc(OCCNC(=O)c2cnc(NCCN(C)C)cn2)cc1. The summed E-state index contributed by atoms with van der Waals surface area (Å²) < 4.78 is 10.6. The Morgan fingerprint density at radius 2 is 1.81 bits per heavy atom. The molecule has 2 aromatic rings. The minimum Gasteiger partial charge on any atom is -0.497 e. The number of carbonyl (C=O) groups is 1. The quantitative estimate of drug-likeness (QED) is 0.618. The molecule has 0 bridgehead atoms. The van der Waals surface area contributed by atoms with Crippen LogP contribution in [0.25, 0.3) is 0 Å². The molecule has 0 atom stereocenters. The molecule has 8 heteroatoms. The van der Waals surface area contributed by atoms with E-state index in [0.29, 0.717) is 24.7 Å². The van der Waals surface area contributed by atoms with Crippen molar-refractivity contribution in [2.24, 2.45) is 0 Å². The number of hydrogen-bond acceptors (Lipinski definition) is 7. The van der Waals surface area contributed by atoms with E-state index in [0.717, 1.165) is 18.8 Å². The molecule has 0 fully saturated rings. The Hall–Kier alpha value is -2.87. The molecule has 1 aromatic heterocycles. The van der Waals surface area contributed by atoms with E-state index in [1.165, 1.54) is 6.20 Å². The second-order valence-corrected chi connectivity index (χ2v) is 5.80. The zero-order valence-electron chi connectivity index (χ0n) is 15.4. The maximum absolute atomic E-state index is 12.0. The molecule has 1 amide bonds. The maximum Gasteiger partial charge on any atom is 0.271 e. The molecule has 26 heavy (non-hydrogen) atoms. The predicted molar refractivity (Wildman–Crippen MR) is 99.9 cm³/mol. The molecule has 0 radical (unpaired) electrons. The molecule has 0 aliphatic heterocycles. The number of nitrogens with one attached hydrogen (secondary N) is 2. The van der Waals surface area contributed by atoms with Gasteiger partial charge in [0.15, 0.2) is 0 Å². The molecule has 2 rings (SSSR count). The Bertz CT molecular complexity index is 674. The van der Waals surface area contributed by atoms with Gasteiger partial charge in [-0.2, -0.15) is 0 Å². The van der Waals surface area contributed by atoms with Crippen LogP contribution in [0.2, 0.25) is 0 Å². The molecule has 140 valence electrons. The molecular weight excluding hydrogens is 334 g/mol. The third-order valence-corrected chi connectivity index (χ3v) is 3.47. The summed E-state index contributed by atoms with van der Waals surface area (Å²) in [5.74, 6) is 1.85. The van der Waals surface area contributed by atoms with Crippen molar-refractivity contribution in [3.8, 4) is 11.5 Å². The van der Waals surface area contributed by atoms with E-state index >= 15 is 0 Å². The largest absolute Gasteiger partial charge is 0.497 e. The highest BCUT2D eigenvalue weighted by Crippen LogP contribution is 2.16. The number of hydrogen-bond donors (Lipinski definition) is 2. The molecule has 2 N–H and O–H groups in total. The van der Waals surface area contributed by atoms with Crippen molar-refractivity contribution in [2.45, 2.75) is 0 Å². The zero-order chi connectivity index (χ0) is 18.8. The van der Waals surface area contributed by atoms with Crippen LogP contribution in [0.4, 0.5) is 5.82 Å². The molecule has 0 aliphatic rings. The monoisotopic (exact) mass is 359 g/mol. The summed E-state index contributed by atoms with van der Waals surface area (Å²) in [6, 6.07) is 7.26. The van der Waals surface area contributed by atoms with Crippen LogP contribution in [0.5, 0.6) is 11.5 Å². The van der Waals surface area contributed by atoms with Crippen LogP contribution >= 0.6 is 0 Å². The van der Waals surface area contributed by atoms with E-state index in [4.69, 9.17) is 9.47 Å². The Morgan fingerprint density at radius 3 is 2.42 bits per heavy atom. The van der Waals surface area contributed by atoms with Crippen molar-refractivity contribution in [1.82, 2.24) is 20.2 Å². The smallest absolute Gasteiger partial charge is 0.271 e. The molecule has 0 saturated carbocycles. The van der Waals surface area contributed by atoms with Crippen LogP contribution in [0.3, 0.4) is 0 Å². The van der Waals surface area contributed by atoms with Crippen LogP contribution < -0.4 is 20.1 Å². The number of aromatic nitrogens is 2. The standard InChI is InChI=1S/C18H25N5O3/c1-23(2)10-8-19-17-13-21-16(12-22-17)18(24)20-9-11-26-15-6-4-14(25-3)5-7-15/h4-7,12-13H,8-11H2,1-3H3,(H,19,22)(H,20,24). The van der Waals surface area contributed by atoms with Crippen LogP contribution in [0.1, 0.15) is 10.5 Å². The van der Waals surface area contributed by atoms with Crippen LogP contribution in [-0.4, -0.2) is 68.2 Å². The van der Waals surface area contributed by atoms with Crippen LogP contribution in [0, 0.1) is 0 Å². The Morgan fingerprint density at radius 1 is 1.08 bits per heavy atom. The summed E-state index contributed by atoms with van der Waals surface area (Å²) in [6.45, 7) is 2.37. The molecule has 0 unspecified atom stereocenters. The van der Waals surface area contributed by atoms with E-state index in [2.05, 4.69) is 25.5 Å². The first kappa shape index (κ1) is 19.5. The molecule has 0 spiro atoms. The molecule has 0 saturated heterocycles. The fourth-order valence-electron chi connectivity index (χ4n) is 2.04. The second-order valence-electron chi connectivity index (χ2n) is 5.80. The summed E-state index contributed by atoms with van der Waals surface area (Å²) in [6.07, 6.45) is 3.01. The topological polar surface area (TPSA) is 88.6 Å². The van der Waals surface area contributed by atoms with Gasteiger partial charge in [-0.3, -0.25) is 4.79 Å². The Labute approximate surface area is 153 Å². The summed E-state index contributed by atoms with van der Waals surface area (Å²) in [5.41, 5.74) is 0.271. The lowest BCUT2D eigenvalue weighted by Crippen LogP contribution is -2.29. The summed E-state index contributed by atoms with van der Waals surface area (Å²) in [7, 11) is 5.61. The van der Waals surface area contributed by atoms with Gasteiger partial charge in [-0.15, -0.1) is 0 Å². The van der Waals surface area contributed by atoms with Gasteiger partial charge in [0.05, 0.1) is 26.0 Å². The van der Waals surface area contributed by atoms with Crippen LogP contribution in [-0.2, 0) is 0 Å². The van der Waals surface area contributed by atoms with Crippen molar-refractivity contribution < 1.29 is 14.3 Å². The van der Waals surface area contributed by atoms with Gasteiger partial charge in [0.2, 0.25) is 0 Å². The van der Waals surface area contributed by atoms with E-state index in [1.54, 1.807) is 13.3 Å². The Balaban J connectivity index is 1.70. The van der Waals surface area contributed by atoms with Gasteiger partial charge < -0.3 is 25.0 Å². The number of ether oxygens (including phenoxy) is 2. The number of methoxy groups -OCH3 is 1. The van der Waals surface area contributed by atoms with Crippen molar-refractivity contribution in [2.75, 3.05) is 52.8 Å². The lowest BCUT2D eigenvalue weighted by Gasteiger charge is -2.11. The third kappa shape index (κ3) is 6.56. The number of carbonyl (C=O) groups excluding carboxylic acids is 1. The molecule has 1 aromatic carbocycles. The first-order valence-electron chi connectivity index (χ1n) is 8.34. The van der Waals surface area contributed by atoms with Gasteiger partial charge in [0, 0.05) is 13.1 Å². The van der Waals surface area contributed by atoms with Gasteiger partial charge in [0.1, 0.15) is 29.6 Å². The predicted octanol–water partition coefficient (Wildman–Crippen LogP) is 1.27. The van der Waals surface area contributed by atoms with Crippen molar-refractivity contribution in [1.29, 1.82) is 0 Å². The van der Waals surface area contributed by atoms with E-state index in [1.807, 2.05) is 38.4 Å². The summed E-state index contributed by atoms with van der Waals surface area (Å²) in [5, 5.41) is 5.90. The Kier molecular flexibility index (Phi) is 7.63. The molecule has 0 aliphatic carbocycles. The third-order valence-electron chi connectivity index (χ3n) is 3.47. The number of benzene rings is 1. The lowest BCUT2D eigenvalue weighted by molar-refractivity contribution is 0.0941. The molecule has 8 nitrogen and oxygen atoms in total. The fraction of sp³-hybridized carbons (Fsp3) is 0.389. The number of nitrogens with zero attached hydrogens (tertiary/aromatic N) is 3. The summed E-state index contributed by atoms with van der Waals surface area (Å²) in [4.78, 5) is 22.4. The van der Waals surface area contributed by atoms with Gasteiger partial charge in [-0.05, 0) is 38.4 Å². The average Bonchev–Trinajstić information content (AvgIpc) is 2.66. The first-order chi connectivity index (χ1) is 12.6. The summed E-state index contributed by atoms with van der Waals surface area (Å²) >= 11 is 0. The highest BCUT2D eigenvalue weighted by Gasteiger charge is 2.07. The minimum absolute atomic E-state index is 0.271. The normalized spacial score (nSPS) is 10.5. The van der Waals surface area contributed by atoms with Crippen molar-refractivity contribution in [3.63, 3.8) is 0 Å².